The molecular weight excluding hydrogens is 236 g/mol. The van der Waals surface area contributed by atoms with Crippen molar-refractivity contribution in [2.45, 2.75) is 51.6 Å². The van der Waals surface area contributed by atoms with E-state index in [2.05, 4.69) is 33.1 Å². The highest BCUT2D eigenvalue weighted by Gasteiger charge is 2.19. The second-order valence-corrected chi connectivity index (χ2v) is 5.46. The molecule has 0 aliphatic heterocycles. The average Bonchev–Trinajstić information content (AvgIpc) is 3.07. The number of fused-ring (bicyclic) bond motifs is 1. The Morgan fingerprint density at radius 1 is 1.32 bits per heavy atom. The maximum absolute atomic E-state index is 4.62. The molecule has 2 heterocycles. The Hall–Kier alpha value is -1.42. The number of hydrogen-bond donors (Lipinski definition) is 1. The van der Waals surface area contributed by atoms with Crippen LogP contribution in [0.2, 0.25) is 0 Å². The topological polar surface area (TPSA) is 42.7 Å². The summed E-state index contributed by atoms with van der Waals surface area (Å²) in [4.78, 5) is 4.62. The summed E-state index contributed by atoms with van der Waals surface area (Å²) in [6.07, 6.45) is 10.3. The molecule has 0 saturated heterocycles. The van der Waals surface area contributed by atoms with Crippen molar-refractivity contribution in [3.8, 4) is 0 Å². The zero-order valence-corrected chi connectivity index (χ0v) is 11.6. The minimum absolute atomic E-state index is 0.564. The van der Waals surface area contributed by atoms with Crippen LogP contribution in [0.15, 0.2) is 18.5 Å². The lowest BCUT2D eigenvalue weighted by Crippen LogP contribution is -2.14. The van der Waals surface area contributed by atoms with Gasteiger partial charge in [0.25, 0.3) is 0 Å². The first-order valence-corrected chi connectivity index (χ1v) is 7.41. The van der Waals surface area contributed by atoms with Crippen molar-refractivity contribution in [2.75, 3.05) is 6.54 Å². The molecule has 0 atom stereocenters. The van der Waals surface area contributed by atoms with Gasteiger partial charge in [-0.1, -0.05) is 19.8 Å². The average molecular weight is 258 g/mol. The lowest BCUT2D eigenvalue weighted by atomic mass is 10.2. The second kappa shape index (κ2) is 5.70. The van der Waals surface area contributed by atoms with Gasteiger partial charge < -0.3 is 5.32 Å². The number of pyridine rings is 1. The van der Waals surface area contributed by atoms with Gasteiger partial charge in [-0.3, -0.25) is 0 Å². The van der Waals surface area contributed by atoms with Gasteiger partial charge >= 0.3 is 0 Å². The van der Waals surface area contributed by atoms with Gasteiger partial charge in [0.2, 0.25) is 0 Å². The molecule has 1 saturated carbocycles. The number of hydrogen-bond acceptors (Lipinski definition) is 3. The van der Waals surface area contributed by atoms with Crippen molar-refractivity contribution in [2.24, 2.45) is 0 Å². The molecule has 0 bridgehead atoms. The van der Waals surface area contributed by atoms with Crippen molar-refractivity contribution in [3.05, 3.63) is 24.0 Å². The highest BCUT2D eigenvalue weighted by atomic mass is 15.3. The van der Waals surface area contributed by atoms with Crippen molar-refractivity contribution >= 4 is 11.0 Å². The number of rotatable bonds is 5. The van der Waals surface area contributed by atoms with Crippen LogP contribution in [0.1, 0.15) is 50.6 Å². The predicted molar refractivity (Wildman–Crippen MR) is 77.0 cm³/mol. The maximum Gasteiger partial charge on any atom is 0.157 e. The van der Waals surface area contributed by atoms with Crippen LogP contribution in [0.3, 0.4) is 0 Å². The molecule has 2 aromatic heterocycles. The molecule has 4 heteroatoms. The van der Waals surface area contributed by atoms with Gasteiger partial charge in [-0.2, -0.15) is 5.10 Å². The summed E-state index contributed by atoms with van der Waals surface area (Å²) in [6, 6.07) is 2.78. The Labute approximate surface area is 114 Å². The van der Waals surface area contributed by atoms with Gasteiger partial charge in [0.1, 0.15) is 0 Å². The quantitative estimate of drug-likeness (QED) is 0.838. The third-order valence-corrected chi connectivity index (χ3v) is 3.92. The molecule has 0 aromatic carbocycles. The monoisotopic (exact) mass is 258 g/mol. The zero-order chi connectivity index (χ0) is 13.1. The lowest BCUT2D eigenvalue weighted by Gasteiger charge is -2.10. The van der Waals surface area contributed by atoms with Gasteiger partial charge in [0.05, 0.1) is 12.2 Å². The van der Waals surface area contributed by atoms with Gasteiger partial charge in [-0.05, 0) is 37.4 Å². The van der Waals surface area contributed by atoms with E-state index in [-0.39, 0.29) is 0 Å². The fraction of sp³-hybridized carbons (Fsp3) is 0.600. The summed E-state index contributed by atoms with van der Waals surface area (Å²) < 4.78 is 2.13. The van der Waals surface area contributed by atoms with Crippen molar-refractivity contribution < 1.29 is 0 Å². The molecule has 1 aliphatic carbocycles. The van der Waals surface area contributed by atoms with Crippen molar-refractivity contribution in [3.63, 3.8) is 0 Å². The molecule has 1 N–H and O–H groups in total. The van der Waals surface area contributed by atoms with Crippen LogP contribution in [0.25, 0.3) is 11.0 Å². The second-order valence-electron chi connectivity index (χ2n) is 5.46. The first-order valence-electron chi connectivity index (χ1n) is 7.41. The normalized spacial score (nSPS) is 16.5. The van der Waals surface area contributed by atoms with Crippen molar-refractivity contribution in [1.29, 1.82) is 0 Å². The van der Waals surface area contributed by atoms with E-state index in [0.717, 1.165) is 25.2 Å². The van der Waals surface area contributed by atoms with Gasteiger partial charge in [-0.15, -0.1) is 0 Å². The number of nitrogens with zero attached hydrogens (tertiary/aromatic N) is 3. The summed E-state index contributed by atoms with van der Waals surface area (Å²) in [5.74, 6) is 0. The summed E-state index contributed by atoms with van der Waals surface area (Å²) in [5, 5.41) is 9.13. The fourth-order valence-electron chi connectivity index (χ4n) is 2.91. The number of nitrogens with one attached hydrogen (secondary N) is 1. The van der Waals surface area contributed by atoms with Crippen LogP contribution in [0.5, 0.6) is 0 Å². The van der Waals surface area contributed by atoms with Crippen LogP contribution in [-0.2, 0) is 6.54 Å². The zero-order valence-electron chi connectivity index (χ0n) is 11.6. The molecular formula is C15H22N4. The third-order valence-electron chi connectivity index (χ3n) is 3.92. The Bertz CT molecular complexity index is 540. The van der Waals surface area contributed by atoms with Gasteiger partial charge in [0, 0.05) is 18.1 Å². The van der Waals surface area contributed by atoms with Crippen LogP contribution >= 0.6 is 0 Å². The van der Waals surface area contributed by atoms with Crippen molar-refractivity contribution in [1.82, 2.24) is 20.1 Å². The molecule has 102 valence electrons. The Balaban J connectivity index is 1.80. The fourth-order valence-corrected chi connectivity index (χ4v) is 2.91. The molecule has 1 fully saturated rings. The summed E-state index contributed by atoms with van der Waals surface area (Å²) >= 11 is 0. The maximum atomic E-state index is 4.62. The molecule has 0 unspecified atom stereocenters. The molecule has 0 spiro atoms. The molecule has 1 aliphatic rings. The Kier molecular flexibility index (Phi) is 3.78. The predicted octanol–water partition coefficient (Wildman–Crippen LogP) is 3.05. The van der Waals surface area contributed by atoms with E-state index in [1.54, 1.807) is 0 Å². The van der Waals surface area contributed by atoms with Gasteiger partial charge in [0.15, 0.2) is 5.65 Å². The van der Waals surface area contributed by atoms with E-state index < -0.39 is 0 Å². The van der Waals surface area contributed by atoms with Gasteiger partial charge in [-0.25, -0.2) is 9.67 Å². The molecule has 0 radical (unpaired) electrons. The first kappa shape index (κ1) is 12.6. The van der Waals surface area contributed by atoms with Crippen LogP contribution < -0.4 is 5.32 Å². The third kappa shape index (κ3) is 2.63. The van der Waals surface area contributed by atoms with Crippen LogP contribution in [0, 0.1) is 0 Å². The van der Waals surface area contributed by atoms with E-state index in [9.17, 15) is 0 Å². The standard InChI is InChI=1S/C15H22N4/c1-2-7-16-9-12-8-13-11-18-19(15(13)17-10-12)14-5-3-4-6-14/h8,10-11,14,16H,2-7,9H2,1H3. The van der Waals surface area contributed by atoms with E-state index >= 15 is 0 Å². The Morgan fingerprint density at radius 3 is 2.95 bits per heavy atom. The molecule has 4 nitrogen and oxygen atoms in total. The molecule has 19 heavy (non-hydrogen) atoms. The number of aromatic nitrogens is 3. The largest absolute Gasteiger partial charge is 0.313 e. The van der Waals surface area contributed by atoms with E-state index in [1.165, 1.54) is 36.6 Å². The highest BCUT2D eigenvalue weighted by molar-refractivity contribution is 5.75. The summed E-state index contributed by atoms with van der Waals surface area (Å²) in [6.45, 7) is 4.13. The minimum Gasteiger partial charge on any atom is -0.313 e. The molecule has 3 rings (SSSR count). The first-order chi connectivity index (χ1) is 9.38. The van der Waals surface area contributed by atoms with E-state index in [0.29, 0.717) is 6.04 Å². The Morgan fingerprint density at radius 2 is 2.16 bits per heavy atom. The van der Waals surface area contributed by atoms with Crippen LogP contribution in [-0.4, -0.2) is 21.3 Å². The highest BCUT2D eigenvalue weighted by Crippen LogP contribution is 2.31. The smallest absolute Gasteiger partial charge is 0.157 e. The lowest BCUT2D eigenvalue weighted by molar-refractivity contribution is 0.478. The molecule has 2 aromatic rings. The van der Waals surface area contributed by atoms with E-state index in [1.807, 2.05) is 12.4 Å². The van der Waals surface area contributed by atoms with E-state index in [4.69, 9.17) is 0 Å². The summed E-state index contributed by atoms with van der Waals surface area (Å²) in [7, 11) is 0. The van der Waals surface area contributed by atoms with Crippen LogP contribution in [0.4, 0.5) is 0 Å². The minimum atomic E-state index is 0.564. The SMILES string of the molecule is CCCNCc1cnc2c(cnn2C2CCCC2)c1. The summed E-state index contributed by atoms with van der Waals surface area (Å²) in [5.41, 5.74) is 2.29. The molecule has 0 amide bonds.